The molecule has 220 valence electrons. The maximum absolute atomic E-state index is 15.5. The van der Waals surface area contributed by atoms with Crippen molar-refractivity contribution in [3.63, 3.8) is 0 Å². The number of methoxy groups -OCH3 is 1. The average Bonchev–Trinajstić information content (AvgIpc) is 3.22. The first-order valence-electron chi connectivity index (χ1n) is 13.6. The van der Waals surface area contributed by atoms with Crippen LogP contribution >= 0.6 is 0 Å². The van der Waals surface area contributed by atoms with Gasteiger partial charge in [0.1, 0.15) is 5.65 Å². The molecule has 1 amide bonds. The first-order chi connectivity index (χ1) is 19.3. The summed E-state index contributed by atoms with van der Waals surface area (Å²) in [7, 11) is 3.37. The molecule has 1 atom stereocenters. The number of benzene rings is 1. The smallest absolute Gasteiger partial charge is 0.337 e. The van der Waals surface area contributed by atoms with E-state index in [1.165, 1.54) is 12.1 Å². The number of fused-ring (bicyclic) bond motifs is 2. The Morgan fingerprint density at radius 3 is 2.68 bits per heavy atom. The van der Waals surface area contributed by atoms with Crippen LogP contribution in [-0.2, 0) is 32.5 Å². The van der Waals surface area contributed by atoms with Crippen molar-refractivity contribution in [2.45, 2.75) is 59.2 Å². The van der Waals surface area contributed by atoms with E-state index in [9.17, 15) is 14.7 Å². The second kappa shape index (κ2) is 12.0. The molecule has 9 nitrogen and oxygen atoms in total. The summed E-state index contributed by atoms with van der Waals surface area (Å²) in [5, 5.41) is 13.7. The van der Waals surface area contributed by atoms with E-state index < -0.39 is 23.5 Å². The zero-order valence-corrected chi connectivity index (χ0v) is 24.7. The number of nitrogens with zero attached hydrogens (tertiary/aromatic N) is 2. The van der Waals surface area contributed by atoms with Crippen LogP contribution in [0.4, 0.5) is 4.39 Å². The van der Waals surface area contributed by atoms with Crippen LogP contribution in [0.1, 0.15) is 61.4 Å². The van der Waals surface area contributed by atoms with Crippen LogP contribution in [0.25, 0.3) is 28.2 Å². The third-order valence-corrected chi connectivity index (χ3v) is 7.11. The molecule has 3 heterocycles. The summed E-state index contributed by atoms with van der Waals surface area (Å²) in [5.74, 6) is -1.71. The van der Waals surface area contributed by atoms with Gasteiger partial charge in [0, 0.05) is 60.2 Å². The number of pyridine rings is 1. The van der Waals surface area contributed by atoms with E-state index in [1.807, 2.05) is 24.6 Å². The number of carboxylic acids is 1. The first-order valence-corrected chi connectivity index (χ1v) is 13.6. The Hall–Kier alpha value is -3.76. The molecule has 3 aromatic rings. The van der Waals surface area contributed by atoms with E-state index in [2.05, 4.69) is 5.32 Å². The Labute approximate surface area is 239 Å². The molecule has 2 N–H and O–H groups in total. The number of carboxylic acid groups (broad SMARTS) is 1. The third-order valence-electron chi connectivity index (χ3n) is 7.11. The van der Waals surface area contributed by atoms with Gasteiger partial charge in [-0.3, -0.25) is 4.79 Å². The van der Waals surface area contributed by atoms with Gasteiger partial charge in [0.05, 0.1) is 18.8 Å². The predicted octanol–water partition coefficient (Wildman–Crippen LogP) is 5.04. The molecule has 0 saturated carbocycles. The lowest BCUT2D eigenvalue weighted by atomic mass is 9.86. The number of hydrogen-bond acceptors (Lipinski definition) is 6. The van der Waals surface area contributed by atoms with Gasteiger partial charge >= 0.3 is 5.97 Å². The van der Waals surface area contributed by atoms with Crippen LogP contribution < -0.4 is 10.1 Å². The molecule has 1 aromatic carbocycles. The average molecular weight is 568 g/mol. The van der Waals surface area contributed by atoms with Crippen molar-refractivity contribution in [3.8, 4) is 16.9 Å². The second-order valence-corrected chi connectivity index (χ2v) is 11.2. The van der Waals surface area contributed by atoms with Gasteiger partial charge in [-0.1, -0.05) is 0 Å². The molecule has 0 spiro atoms. The molecular formula is C31H38FN3O6. The van der Waals surface area contributed by atoms with E-state index in [4.69, 9.17) is 19.2 Å². The van der Waals surface area contributed by atoms with Crippen LogP contribution in [0.3, 0.4) is 0 Å². The Kier molecular flexibility index (Phi) is 8.84. The SMILES string of the molecule is COCCNC(=O)/C=C/c1cc2c(-c3cc(F)c4c(c3C)CCCO4)c([C@H](OC(C)(C)C)C(=O)O)c(C)nc2n1C. The maximum Gasteiger partial charge on any atom is 0.337 e. The van der Waals surface area contributed by atoms with E-state index >= 15 is 4.39 Å². The fourth-order valence-electron chi connectivity index (χ4n) is 5.25. The van der Waals surface area contributed by atoms with E-state index in [1.54, 1.807) is 40.9 Å². The lowest BCUT2D eigenvalue weighted by molar-refractivity contribution is -0.160. The van der Waals surface area contributed by atoms with Gasteiger partial charge in [-0.2, -0.15) is 0 Å². The van der Waals surface area contributed by atoms with Crippen LogP contribution in [0, 0.1) is 19.7 Å². The van der Waals surface area contributed by atoms with E-state index in [0.29, 0.717) is 65.3 Å². The van der Waals surface area contributed by atoms with Gasteiger partial charge in [0.2, 0.25) is 5.91 Å². The fourth-order valence-corrected chi connectivity index (χ4v) is 5.25. The molecule has 4 rings (SSSR count). The topological polar surface area (TPSA) is 112 Å². The number of nitrogens with one attached hydrogen (secondary N) is 1. The summed E-state index contributed by atoms with van der Waals surface area (Å²) in [4.78, 5) is 29.8. The van der Waals surface area contributed by atoms with Gasteiger partial charge < -0.3 is 29.2 Å². The number of carbonyl (C=O) groups excluding carboxylic acids is 1. The van der Waals surface area contributed by atoms with Crippen LogP contribution in [-0.4, -0.2) is 59.0 Å². The number of halogens is 1. The number of aromatic nitrogens is 2. The van der Waals surface area contributed by atoms with Crippen molar-refractivity contribution < 1.29 is 33.3 Å². The standard InChI is InChI=1S/C31H38FN3O6/c1-17-20-9-8-13-40-27(20)23(32)16-21(17)26-22-15-19(10-11-24(36)33-12-14-39-7)35(6)29(22)34-18(2)25(26)28(30(37)38)41-31(3,4)5/h10-11,15-16,28H,8-9,12-14H2,1-7H3,(H,33,36)(H,37,38)/b11-10+/t28-/m0/s1. The number of hydrogen-bond donors (Lipinski definition) is 2. The van der Waals surface area contributed by atoms with Gasteiger partial charge in [-0.15, -0.1) is 0 Å². The lowest BCUT2D eigenvalue weighted by Gasteiger charge is -2.29. The fraction of sp³-hybridized carbons (Fsp3) is 0.452. The molecule has 0 radical (unpaired) electrons. The monoisotopic (exact) mass is 567 g/mol. The predicted molar refractivity (Wildman–Crippen MR) is 155 cm³/mol. The van der Waals surface area contributed by atoms with Crippen molar-refractivity contribution in [1.82, 2.24) is 14.9 Å². The zero-order valence-electron chi connectivity index (χ0n) is 24.7. The minimum absolute atomic E-state index is 0.248. The Bertz CT molecular complexity index is 1520. The summed E-state index contributed by atoms with van der Waals surface area (Å²) >= 11 is 0. The second-order valence-electron chi connectivity index (χ2n) is 11.2. The number of rotatable bonds is 9. The largest absolute Gasteiger partial charge is 0.490 e. The van der Waals surface area contributed by atoms with Crippen molar-refractivity contribution in [1.29, 1.82) is 0 Å². The molecule has 2 aromatic heterocycles. The molecule has 0 unspecified atom stereocenters. The van der Waals surface area contributed by atoms with Crippen LogP contribution in [0.2, 0.25) is 0 Å². The highest BCUT2D eigenvalue weighted by molar-refractivity contribution is 6.01. The van der Waals surface area contributed by atoms with Crippen molar-refractivity contribution >= 4 is 29.0 Å². The van der Waals surface area contributed by atoms with Gasteiger partial charge in [0.15, 0.2) is 17.7 Å². The number of carbonyl (C=O) groups is 2. The number of aryl methyl sites for hydroxylation is 2. The lowest BCUT2D eigenvalue weighted by Crippen LogP contribution is -2.28. The molecular weight excluding hydrogens is 529 g/mol. The number of amides is 1. The molecule has 41 heavy (non-hydrogen) atoms. The molecule has 1 aliphatic heterocycles. The third kappa shape index (κ3) is 6.28. The molecule has 0 aliphatic carbocycles. The Morgan fingerprint density at radius 1 is 1.29 bits per heavy atom. The normalized spacial score (nSPS) is 14.2. The molecule has 0 fully saturated rings. The molecule has 0 saturated heterocycles. The summed E-state index contributed by atoms with van der Waals surface area (Å²) in [6.45, 7) is 10.2. The van der Waals surface area contributed by atoms with Gasteiger partial charge in [-0.25, -0.2) is 14.2 Å². The minimum atomic E-state index is -1.36. The van der Waals surface area contributed by atoms with Crippen LogP contribution in [0.5, 0.6) is 5.75 Å². The van der Waals surface area contributed by atoms with E-state index in [0.717, 1.165) is 17.5 Å². The summed E-state index contributed by atoms with van der Waals surface area (Å²) in [6, 6.07) is 3.25. The van der Waals surface area contributed by atoms with Gasteiger partial charge in [0.25, 0.3) is 0 Å². The van der Waals surface area contributed by atoms with Gasteiger partial charge in [-0.05, 0) is 76.8 Å². The number of aliphatic carboxylic acids is 1. The van der Waals surface area contributed by atoms with Crippen molar-refractivity contribution in [3.05, 3.63) is 52.1 Å². The highest BCUT2D eigenvalue weighted by Gasteiger charge is 2.34. The van der Waals surface area contributed by atoms with Crippen molar-refractivity contribution in [2.24, 2.45) is 7.05 Å². The summed E-state index contributed by atoms with van der Waals surface area (Å²) < 4.78 is 34.1. The quantitative estimate of drug-likeness (QED) is 0.275. The van der Waals surface area contributed by atoms with E-state index in [-0.39, 0.29) is 11.7 Å². The Morgan fingerprint density at radius 2 is 2.02 bits per heavy atom. The minimum Gasteiger partial charge on any atom is -0.490 e. The molecule has 10 heteroatoms. The molecule has 1 aliphatic rings. The summed E-state index contributed by atoms with van der Waals surface area (Å²) in [6.07, 6.45) is 3.13. The highest BCUT2D eigenvalue weighted by Crippen LogP contribution is 2.44. The summed E-state index contributed by atoms with van der Waals surface area (Å²) in [5.41, 5.74) is 3.93. The van der Waals surface area contributed by atoms with Crippen LogP contribution in [0.15, 0.2) is 18.2 Å². The Balaban J connectivity index is 2.01. The highest BCUT2D eigenvalue weighted by atomic mass is 19.1. The zero-order chi connectivity index (χ0) is 30.1. The number of ether oxygens (including phenoxy) is 3. The maximum atomic E-state index is 15.5. The molecule has 0 bridgehead atoms. The first kappa shape index (κ1) is 30.2. The van der Waals surface area contributed by atoms with Crippen molar-refractivity contribution in [2.75, 3.05) is 26.9 Å².